The van der Waals surface area contributed by atoms with Crippen molar-refractivity contribution in [2.45, 2.75) is 18.8 Å². The normalized spacial score (nSPS) is 18.6. The molecule has 10 heavy (non-hydrogen) atoms. The molecule has 0 aliphatic heterocycles. The van der Waals surface area contributed by atoms with Crippen molar-refractivity contribution in [3.8, 4) is 0 Å². The summed E-state index contributed by atoms with van der Waals surface area (Å²) in [4.78, 5) is 0. The van der Waals surface area contributed by atoms with Crippen LogP contribution in [0.15, 0.2) is 0 Å². The molecule has 0 rings (SSSR count). The summed E-state index contributed by atoms with van der Waals surface area (Å²) in [5.41, 5.74) is -3.23. The van der Waals surface area contributed by atoms with Gasteiger partial charge in [-0.3, -0.25) is 0 Å². The summed E-state index contributed by atoms with van der Waals surface area (Å²) < 4.78 is 51.1. The lowest BCUT2D eigenvalue weighted by Crippen LogP contribution is -2.41. The van der Waals surface area contributed by atoms with Gasteiger partial charge in [0.05, 0.1) is 6.61 Å². The molecule has 0 aromatic rings. The van der Waals surface area contributed by atoms with Gasteiger partial charge in [0.25, 0.3) is 0 Å². The second-order valence-corrected chi connectivity index (χ2v) is 2.13. The molecule has 0 aliphatic carbocycles. The maximum absolute atomic E-state index is 12.3. The molecule has 0 radical (unpaired) electrons. The lowest BCUT2D eigenvalue weighted by molar-refractivity contribution is -0.236. The first-order valence-electron chi connectivity index (χ1n) is 2.56. The summed E-state index contributed by atoms with van der Waals surface area (Å²) in [6.07, 6.45) is -4.84. The molecule has 0 saturated carbocycles. The molecule has 1 unspecified atom stereocenters. The highest BCUT2D eigenvalue weighted by Crippen LogP contribution is 2.33. The molecule has 5 heteroatoms. The zero-order chi connectivity index (χ0) is 8.41. The Balaban J connectivity index is 4.10. The highest BCUT2D eigenvalue weighted by molar-refractivity contribution is 4.81. The van der Waals surface area contributed by atoms with E-state index in [2.05, 4.69) is 4.74 Å². The van der Waals surface area contributed by atoms with Crippen molar-refractivity contribution in [2.75, 3.05) is 13.7 Å². The molecule has 0 spiro atoms. The Kier molecular flexibility index (Phi) is 2.65. The van der Waals surface area contributed by atoms with Gasteiger partial charge in [0.15, 0.2) is 0 Å². The van der Waals surface area contributed by atoms with Gasteiger partial charge in [0.2, 0.25) is 5.67 Å². The number of hydrogen-bond donors (Lipinski definition) is 0. The Morgan fingerprint density at radius 1 is 1.20 bits per heavy atom. The predicted octanol–water partition coefficient (Wildman–Crippen LogP) is 1.92. The topological polar surface area (TPSA) is 9.23 Å². The quantitative estimate of drug-likeness (QED) is 0.561. The highest BCUT2D eigenvalue weighted by Gasteiger charge is 2.52. The minimum atomic E-state index is -4.84. The average Bonchev–Trinajstić information content (AvgIpc) is 1.61. The Morgan fingerprint density at radius 3 is 1.70 bits per heavy atom. The zero-order valence-electron chi connectivity index (χ0n) is 5.63. The van der Waals surface area contributed by atoms with Crippen molar-refractivity contribution in [3.63, 3.8) is 0 Å². The molecule has 1 nitrogen and oxygen atoms in total. The van der Waals surface area contributed by atoms with E-state index in [0.717, 1.165) is 7.11 Å². The monoisotopic (exact) mass is 160 g/mol. The zero-order valence-corrected chi connectivity index (χ0v) is 5.63. The van der Waals surface area contributed by atoms with E-state index >= 15 is 0 Å². The fourth-order valence-electron chi connectivity index (χ4n) is 0.353. The molecule has 62 valence electrons. The molecule has 1 atom stereocenters. The van der Waals surface area contributed by atoms with Crippen LogP contribution >= 0.6 is 0 Å². The van der Waals surface area contributed by atoms with Crippen LogP contribution in [0.1, 0.15) is 6.92 Å². The maximum atomic E-state index is 12.3. The number of halogens is 4. The molecular formula is C5H8F4O. The van der Waals surface area contributed by atoms with Crippen molar-refractivity contribution in [1.82, 2.24) is 0 Å². The lowest BCUT2D eigenvalue weighted by atomic mass is 10.1. The molecule has 0 bridgehead atoms. The van der Waals surface area contributed by atoms with E-state index in [0.29, 0.717) is 6.92 Å². The third-order valence-electron chi connectivity index (χ3n) is 1.01. The number of alkyl halides is 4. The van der Waals surface area contributed by atoms with Crippen molar-refractivity contribution < 1.29 is 22.3 Å². The first-order valence-corrected chi connectivity index (χ1v) is 2.56. The summed E-state index contributed by atoms with van der Waals surface area (Å²) in [5.74, 6) is 0. The third kappa shape index (κ3) is 2.13. The number of ether oxygens (including phenoxy) is 1. The van der Waals surface area contributed by atoms with Gasteiger partial charge in [-0.25, -0.2) is 4.39 Å². The Hall–Kier alpha value is -0.320. The number of hydrogen-bond acceptors (Lipinski definition) is 1. The van der Waals surface area contributed by atoms with Crippen molar-refractivity contribution in [1.29, 1.82) is 0 Å². The van der Waals surface area contributed by atoms with Crippen LogP contribution in [0, 0.1) is 0 Å². The van der Waals surface area contributed by atoms with Gasteiger partial charge in [0.1, 0.15) is 0 Å². The first kappa shape index (κ1) is 9.68. The van der Waals surface area contributed by atoms with Crippen molar-refractivity contribution in [2.24, 2.45) is 0 Å². The molecule has 0 fully saturated rings. The van der Waals surface area contributed by atoms with Gasteiger partial charge in [-0.05, 0) is 6.92 Å². The van der Waals surface area contributed by atoms with E-state index in [4.69, 9.17) is 0 Å². The molecule has 0 amide bonds. The molecule has 0 aliphatic rings. The van der Waals surface area contributed by atoms with Gasteiger partial charge in [-0.1, -0.05) is 0 Å². The molecule has 0 saturated heterocycles. The van der Waals surface area contributed by atoms with E-state index in [1.165, 1.54) is 0 Å². The Bertz CT molecular complexity index is 107. The third-order valence-corrected chi connectivity index (χ3v) is 1.01. The summed E-state index contributed by atoms with van der Waals surface area (Å²) in [7, 11) is 1.02. The Morgan fingerprint density at radius 2 is 1.60 bits per heavy atom. The summed E-state index contributed by atoms with van der Waals surface area (Å²) in [5, 5.41) is 0. The van der Waals surface area contributed by atoms with Crippen LogP contribution in [-0.4, -0.2) is 25.6 Å². The van der Waals surface area contributed by atoms with Gasteiger partial charge in [-0.15, -0.1) is 0 Å². The van der Waals surface area contributed by atoms with Crippen LogP contribution in [0.2, 0.25) is 0 Å². The first-order chi connectivity index (χ1) is 4.31. The van der Waals surface area contributed by atoms with E-state index < -0.39 is 18.5 Å². The minimum Gasteiger partial charge on any atom is -0.381 e. The van der Waals surface area contributed by atoms with E-state index in [9.17, 15) is 17.6 Å². The number of rotatable bonds is 2. The molecule has 0 aromatic carbocycles. The fraction of sp³-hybridized carbons (Fsp3) is 1.00. The highest BCUT2D eigenvalue weighted by atomic mass is 19.4. The summed E-state index contributed by atoms with van der Waals surface area (Å²) >= 11 is 0. The second kappa shape index (κ2) is 2.74. The largest absolute Gasteiger partial charge is 0.424 e. The van der Waals surface area contributed by atoms with Crippen LogP contribution in [0.3, 0.4) is 0 Å². The minimum absolute atomic E-state index is 0.441. The average molecular weight is 160 g/mol. The smallest absolute Gasteiger partial charge is 0.381 e. The summed E-state index contributed by atoms with van der Waals surface area (Å²) in [6, 6.07) is 0. The maximum Gasteiger partial charge on any atom is 0.424 e. The molecule has 0 aromatic heterocycles. The molecular weight excluding hydrogens is 152 g/mol. The van der Waals surface area contributed by atoms with Crippen LogP contribution in [0.5, 0.6) is 0 Å². The fourth-order valence-corrected chi connectivity index (χ4v) is 0.353. The Labute approximate surface area is 56.0 Å². The van der Waals surface area contributed by atoms with Gasteiger partial charge in [-0.2, -0.15) is 13.2 Å². The van der Waals surface area contributed by atoms with Gasteiger partial charge >= 0.3 is 6.18 Å². The van der Waals surface area contributed by atoms with Crippen molar-refractivity contribution in [3.05, 3.63) is 0 Å². The molecule has 0 heterocycles. The van der Waals surface area contributed by atoms with E-state index in [1.54, 1.807) is 0 Å². The van der Waals surface area contributed by atoms with E-state index in [-0.39, 0.29) is 0 Å². The van der Waals surface area contributed by atoms with Gasteiger partial charge in [0, 0.05) is 7.11 Å². The second-order valence-electron chi connectivity index (χ2n) is 2.13. The van der Waals surface area contributed by atoms with Crippen LogP contribution in [0.25, 0.3) is 0 Å². The van der Waals surface area contributed by atoms with Crippen LogP contribution in [0.4, 0.5) is 17.6 Å². The summed E-state index contributed by atoms with van der Waals surface area (Å²) in [6.45, 7) is -0.521. The predicted molar refractivity (Wildman–Crippen MR) is 27.4 cm³/mol. The SMILES string of the molecule is COCC(C)(F)C(F)(F)F. The molecule has 0 N–H and O–H groups in total. The van der Waals surface area contributed by atoms with Gasteiger partial charge < -0.3 is 4.74 Å². The number of methoxy groups -OCH3 is 1. The van der Waals surface area contributed by atoms with E-state index in [1.807, 2.05) is 0 Å². The van der Waals surface area contributed by atoms with Crippen LogP contribution in [-0.2, 0) is 4.74 Å². The van der Waals surface area contributed by atoms with Crippen molar-refractivity contribution >= 4 is 0 Å². The lowest BCUT2D eigenvalue weighted by Gasteiger charge is -2.21. The van der Waals surface area contributed by atoms with Crippen LogP contribution < -0.4 is 0 Å². The standard InChI is InChI=1S/C5H8F4O/c1-4(6,3-10-2)5(7,8)9/h3H2,1-2H3.